The van der Waals surface area contributed by atoms with Crippen molar-refractivity contribution in [3.63, 3.8) is 0 Å². The second-order valence-electron chi connectivity index (χ2n) is 9.01. The van der Waals surface area contributed by atoms with E-state index >= 15 is 0 Å². The van der Waals surface area contributed by atoms with Crippen LogP contribution in [-0.4, -0.2) is 54.7 Å². The fourth-order valence-corrected chi connectivity index (χ4v) is 5.04. The van der Waals surface area contributed by atoms with Crippen LogP contribution >= 0.6 is 23.4 Å². The maximum absolute atomic E-state index is 13.0. The van der Waals surface area contributed by atoms with Crippen LogP contribution in [0.15, 0.2) is 65.6 Å². The van der Waals surface area contributed by atoms with E-state index in [9.17, 15) is 19.2 Å². The van der Waals surface area contributed by atoms with Gasteiger partial charge in [-0.2, -0.15) is 0 Å². The van der Waals surface area contributed by atoms with Crippen LogP contribution in [-0.2, 0) is 14.4 Å². The summed E-state index contributed by atoms with van der Waals surface area (Å²) in [6, 6.07) is 17.0. The van der Waals surface area contributed by atoms with E-state index in [0.29, 0.717) is 45.8 Å². The maximum Gasteiger partial charge on any atom is 0.294 e. The van der Waals surface area contributed by atoms with Crippen LogP contribution in [0.3, 0.4) is 0 Å². The minimum Gasteiger partial charge on any atom is -0.495 e. The Morgan fingerprint density at radius 2 is 1.67 bits per heavy atom. The molecule has 1 heterocycles. The Morgan fingerprint density at radius 1 is 0.929 bits per heavy atom. The van der Waals surface area contributed by atoms with Crippen LogP contribution in [0.4, 0.5) is 16.2 Å². The molecule has 2 N–H and O–H groups in total. The Hall–Kier alpha value is -4.48. The molecule has 0 aliphatic carbocycles. The van der Waals surface area contributed by atoms with E-state index in [1.165, 1.54) is 19.3 Å². The number of aryl methyl sites for hydroxylation is 1. The number of anilines is 2. The third kappa shape index (κ3) is 7.83. The predicted octanol–water partition coefficient (Wildman–Crippen LogP) is 5.75. The topological polar surface area (TPSA) is 123 Å². The molecule has 4 rings (SSSR count). The SMILES string of the molecule is CCOc1cc(/C=C2/SC(=O)N(CC(=O)Nc3ccc(OC)c(Cl)c3)C2=O)ccc1OCC(=O)Nc1cccc(C)c1. The number of hydrogen-bond donors (Lipinski definition) is 2. The molecule has 3 aromatic carbocycles. The van der Waals surface area contributed by atoms with Crippen molar-refractivity contribution in [2.75, 3.05) is 37.5 Å². The van der Waals surface area contributed by atoms with Gasteiger partial charge in [-0.05, 0) is 85.3 Å². The molecule has 4 amide bonds. The molecule has 0 atom stereocenters. The third-order valence-electron chi connectivity index (χ3n) is 5.84. The van der Waals surface area contributed by atoms with Gasteiger partial charge in [-0.1, -0.05) is 29.8 Å². The Balaban J connectivity index is 1.40. The van der Waals surface area contributed by atoms with E-state index in [4.69, 9.17) is 25.8 Å². The molecule has 0 spiro atoms. The first-order chi connectivity index (χ1) is 20.2. The predicted molar refractivity (Wildman–Crippen MR) is 162 cm³/mol. The zero-order valence-corrected chi connectivity index (χ0v) is 24.6. The smallest absolute Gasteiger partial charge is 0.294 e. The molecular formula is C30H28ClN3O7S. The number of methoxy groups -OCH3 is 1. The molecule has 0 unspecified atom stereocenters. The first kappa shape index (κ1) is 30.5. The summed E-state index contributed by atoms with van der Waals surface area (Å²) in [5.74, 6) is -0.338. The Morgan fingerprint density at radius 3 is 2.38 bits per heavy atom. The lowest BCUT2D eigenvalue weighted by Crippen LogP contribution is -2.36. The lowest BCUT2D eigenvalue weighted by Gasteiger charge is -2.13. The summed E-state index contributed by atoms with van der Waals surface area (Å²) in [5.41, 5.74) is 2.65. The Labute approximate surface area is 252 Å². The number of carbonyl (C=O) groups is 4. The van der Waals surface area contributed by atoms with Crippen molar-refractivity contribution in [3.05, 3.63) is 81.7 Å². The van der Waals surface area contributed by atoms with Gasteiger partial charge in [0.2, 0.25) is 5.91 Å². The van der Waals surface area contributed by atoms with Gasteiger partial charge < -0.3 is 24.8 Å². The van der Waals surface area contributed by atoms with E-state index in [-0.39, 0.29) is 17.4 Å². The molecule has 1 aliphatic heterocycles. The van der Waals surface area contributed by atoms with Crippen molar-refractivity contribution in [2.45, 2.75) is 13.8 Å². The van der Waals surface area contributed by atoms with Gasteiger partial charge in [0, 0.05) is 11.4 Å². The first-order valence-electron chi connectivity index (χ1n) is 12.8. The average molecular weight is 610 g/mol. The van der Waals surface area contributed by atoms with Gasteiger partial charge >= 0.3 is 0 Å². The molecule has 1 aliphatic rings. The van der Waals surface area contributed by atoms with E-state index in [2.05, 4.69) is 10.6 Å². The number of thioether (sulfide) groups is 1. The Bertz CT molecular complexity index is 1560. The van der Waals surface area contributed by atoms with Crippen LogP contribution in [0.25, 0.3) is 6.08 Å². The van der Waals surface area contributed by atoms with Crippen molar-refractivity contribution in [1.82, 2.24) is 4.90 Å². The van der Waals surface area contributed by atoms with Crippen molar-refractivity contribution in [2.24, 2.45) is 0 Å². The van der Waals surface area contributed by atoms with Crippen LogP contribution in [0, 0.1) is 6.92 Å². The lowest BCUT2D eigenvalue weighted by atomic mass is 10.2. The summed E-state index contributed by atoms with van der Waals surface area (Å²) < 4.78 is 16.5. The number of nitrogens with one attached hydrogen (secondary N) is 2. The minimum absolute atomic E-state index is 0.147. The van der Waals surface area contributed by atoms with E-state index in [1.807, 2.05) is 25.1 Å². The number of carbonyl (C=O) groups excluding carboxylic acids is 4. The molecule has 1 fully saturated rings. The number of amides is 4. The fourth-order valence-electron chi connectivity index (χ4n) is 3.94. The van der Waals surface area contributed by atoms with Gasteiger partial charge in [0.15, 0.2) is 18.1 Å². The van der Waals surface area contributed by atoms with Crippen LogP contribution in [0.2, 0.25) is 5.02 Å². The van der Waals surface area contributed by atoms with Crippen LogP contribution < -0.4 is 24.8 Å². The number of benzene rings is 3. The molecule has 0 bridgehead atoms. The maximum atomic E-state index is 13.0. The van der Waals surface area contributed by atoms with Gasteiger partial charge in [0.05, 0.1) is 23.6 Å². The summed E-state index contributed by atoms with van der Waals surface area (Å²) in [6.07, 6.45) is 1.53. The van der Waals surface area contributed by atoms with E-state index in [1.54, 1.807) is 43.3 Å². The van der Waals surface area contributed by atoms with Crippen molar-refractivity contribution < 1.29 is 33.4 Å². The van der Waals surface area contributed by atoms with Crippen molar-refractivity contribution in [1.29, 1.82) is 0 Å². The zero-order valence-electron chi connectivity index (χ0n) is 23.1. The van der Waals surface area contributed by atoms with Gasteiger partial charge in [-0.3, -0.25) is 24.1 Å². The molecule has 218 valence electrons. The standard InChI is InChI=1S/C30H28ClN3O7S/c1-4-40-25-13-19(8-10-24(25)41-17-28(36)33-20-7-5-6-18(2)12-20)14-26-29(37)34(30(38)42-26)16-27(35)32-21-9-11-23(39-3)22(31)15-21/h5-15H,4,16-17H2,1-3H3,(H,32,35)(H,33,36)/b26-14+. The summed E-state index contributed by atoms with van der Waals surface area (Å²) in [7, 11) is 1.47. The molecule has 0 saturated carbocycles. The number of hydrogen-bond acceptors (Lipinski definition) is 8. The highest BCUT2D eigenvalue weighted by atomic mass is 35.5. The number of rotatable bonds is 11. The van der Waals surface area contributed by atoms with Gasteiger partial charge in [0.25, 0.3) is 17.1 Å². The highest BCUT2D eigenvalue weighted by Crippen LogP contribution is 2.35. The molecular weight excluding hydrogens is 582 g/mol. The number of imide groups is 1. The van der Waals surface area contributed by atoms with E-state index in [0.717, 1.165) is 22.2 Å². The highest BCUT2D eigenvalue weighted by molar-refractivity contribution is 8.18. The molecule has 1 saturated heterocycles. The molecule has 0 aromatic heterocycles. The molecule has 12 heteroatoms. The lowest BCUT2D eigenvalue weighted by molar-refractivity contribution is -0.127. The number of halogens is 1. The number of ether oxygens (including phenoxy) is 3. The minimum atomic E-state index is -0.598. The summed E-state index contributed by atoms with van der Waals surface area (Å²) in [6.45, 7) is 3.36. The Kier molecular flexibility index (Phi) is 10.1. The summed E-state index contributed by atoms with van der Waals surface area (Å²) in [4.78, 5) is 51.5. The zero-order chi connectivity index (χ0) is 30.2. The molecule has 3 aromatic rings. The number of nitrogens with zero attached hydrogens (tertiary/aromatic N) is 1. The summed E-state index contributed by atoms with van der Waals surface area (Å²) in [5, 5.41) is 5.13. The third-order valence-corrected chi connectivity index (χ3v) is 7.04. The average Bonchev–Trinajstić information content (AvgIpc) is 3.20. The van der Waals surface area contributed by atoms with Crippen LogP contribution in [0.1, 0.15) is 18.1 Å². The van der Waals surface area contributed by atoms with Crippen LogP contribution in [0.5, 0.6) is 17.2 Å². The monoisotopic (exact) mass is 609 g/mol. The van der Waals surface area contributed by atoms with Crippen molar-refractivity contribution in [3.8, 4) is 17.2 Å². The first-order valence-corrected chi connectivity index (χ1v) is 14.0. The molecule has 0 radical (unpaired) electrons. The van der Waals surface area contributed by atoms with Gasteiger partial charge in [-0.25, -0.2) is 0 Å². The van der Waals surface area contributed by atoms with E-state index < -0.39 is 23.6 Å². The fraction of sp³-hybridized carbons (Fsp3) is 0.200. The molecule has 42 heavy (non-hydrogen) atoms. The second-order valence-corrected chi connectivity index (χ2v) is 10.4. The normalized spacial score (nSPS) is 13.7. The van der Waals surface area contributed by atoms with Crippen molar-refractivity contribution >= 4 is 63.8 Å². The second kappa shape index (κ2) is 13.9. The largest absolute Gasteiger partial charge is 0.495 e. The summed E-state index contributed by atoms with van der Waals surface area (Å²) >= 11 is 6.82. The highest BCUT2D eigenvalue weighted by Gasteiger charge is 2.36. The van der Waals surface area contributed by atoms with Gasteiger partial charge in [0.1, 0.15) is 12.3 Å². The quantitative estimate of drug-likeness (QED) is 0.264. The molecule has 10 nitrogen and oxygen atoms in total. The van der Waals surface area contributed by atoms with Gasteiger partial charge in [-0.15, -0.1) is 0 Å².